The van der Waals surface area contributed by atoms with Gasteiger partial charge in [-0.1, -0.05) is 109 Å². The van der Waals surface area contributed by atoms with Crippen molar-refractivity contribution in [3.05, 3.63) is 157 Å². The monoisotopic (exact) mass is 544 g/mol. The second kappa shape index (κ2) is 10.1. The van der Waals surface area contributed by atoms with Crippen molar-refractivity contribution in [1.82, 2.24) is 4.57 Å². The van der Waals surface area contributed by atoms with E-state index in [-0.39, 0.29) is 0 Å². The number of benzene rings is 6. The third-order valence-electron chi connectivity index (χ3n) is 7.71. The molecule has 41 heavy (non-hydrogen) atoms. The first-order valence-electron chi connectivity index (χ1n) is 13.5. The van der Waals surface area contributed by atoms with Crippen molar-refractivity contribution in [1.29, 1.82) is 5.26 Å². The van der Waals surface area contributed by atoms with Gasteiger partial charge in [-0.05, 0) is 53.6 Å². The highest BCUT2D eigenvalue weighted by Gasteiger charge is 2.29. The van der Waals surface area contributed by atoms with Gasteiger partial charge in [0.2, 0.25) is 0 Å². The van der Waals surface area contributed by atoms with Crippen molar-refractivity contribution in [3.63, 3.8) is 0 Å². The van der Waals surface area contributed by atoms with Crippen molar-refractivity contribution in [2.45, 2.75) is 0 Å². The number of nitrogens with zero attached hydrogens (tertiary/aromatic N) is 2. The maximum absolute atomic E-state index is 14.8. The highest BCUT2D eigenvalue weighted by molar-refractivity contribution is 7.85. The summed E-state index contributed by atoms with van der Waals surface area (Å²) in [5, 5.41) is 14.2. The van der Waals surface area contributed by atoms with E-state index in [9.17, 15) is 9.83 Å². The zero-order valence-corrected chi connectivity index (χ0v) is 23.1. The SMILES string of the molecule is N#Cc1ccc2c(c1)c1cc(-c3ccc(P(=O)(c4ccccc4)c4ccccc4)cc3)ccc1n2-c1ccccc1. The molecule has 0 aliphatic heterocycles. The summed E-state index contributed by atoms with van der Waals surface area (Å²) in [7, 11) is -3.03. The van der Waals surface area contributed by atoms with E-state index in [4.69, 9.17) is 0 Å². The molecule has 0 bridgehead atoms. The van der Waals surface area contributed by atoms with Crippen LogP contribution in [0, 0.1) is 11.3 Å². The molecule has 0 spiro atoms. The van der Waals surface area contributed by atoms with E-state index in [2.05, 4.69) is 53.1 Å². The number of para-hydroxylation sites is 1. The molecule has 1 aromatic heterocycles. The second-order valence-corrected chi connectivity index (χ2v) is 12.8. The van der Waals surface area contributed by atoms with Crippen LogP contribution in [0.2, 0.25) is 0 Å². The summed E-state index contributed by atoms with van der Waals surface area (Å²) < 4.78 is 17.0. The Hall–Kier alpha value is -5.16. The van der Waals surface area contributed by atoms with Gasteiger partial charge in [-0.3, -0.25) is 0 Å². The molecule has 0 amide bonds. The van der Waals surface area contributed by atoms with E-state index < -0.39 is 7.14 Å². The molecule has 7 rings (SSSR count). The quantitative estimate of drug-likeness (QED) is 0.206. The van der Waals surface area contributed by atoms with Gasteiger partial charge in [-0.25, -0.2) is 0 Å². The maximum atomic E-state index is 14.8. The Bertz CT molecular complexity index is 2060. The van der Waals surface area contributed by atoms with E-state index in [1.807, 2.05) is 109 Å². The third-order valence-corrected chi connectivity index (χ3v) is 10.8. The minimum Gasteiger partial charge on any atom is -0.309 e. The lowest BCUT2D eigenvalue weighted by atomic mass is 10.0. The molecule has 0 atom stereocenters. The molecule has 1 heterocycles. The molecule has 6 aromatic carbocycles. The average Bonchev–Trinajstić information content (AvgIpc) is 3.38. The van der Waals surface area contributed by atoms with Crippen molar-refractivity contribution < 1.29 is 4.57 Å². The number of aromatic nitrogens is 1. The number of nitriles is 1. The molecule has 0 saturated heterocycles. The largest absolute Gasteiger partial charge is 0.309 e. The molecule has 0 unspecified atom stereocenters. The van der Waals surface area contributed by atoms with Crippen molar-refractivity contribution >= 4 is 44.9 Å². The number of hydrogen-bond donors (Lipinski definition) is 0. The van der Waals surface area contributed by atoms with Crippen LogP contribution in [0.1, 0.15) is 5.56 Å². The lowest BCUT2D eigenvalue weighted by Gasteiger charge is -2.20. The van der Waals surface area contributed by atoms with E-state index >= 15 is 0 Å². The van der Waals surface area contributed by atoms with Gasteiger partial charge in [0.1, 0.15) is 0 Å². The number of fused-ring (bicyclic) bond motifs is 3. The van der Waals surface area contributed by atoms with Gasteiger partial charge < -0.3 is 9.13 Å². The lowest BCUT2D eigenvalue weighted by molar-refractivity contribution is 0.592. The Morgan fingerprint density at radius 2 is 1.00 bits per heavy atom. The molecule has 0 radical (unpaired) electrons. The van der Waals surface area contributed by atoms with Gasteiger partial charge in [0.25, 0.3) is 0 Å². The summed E-state index contributed by atoms with van der Waals surface area (Å²) in [4.78, 5) is 0. The number of rotatable bonds is 5. The maximum Gasteiger partial charge on any atom is 0.171 e. The van der Waals surface area contributed by atoms with E-state index in [1.165, 1.54) is 0 Å². The fourth-order valence-corrected chi connectivity index (χ4v) is 8.36. The molecular formula is C37H25N2OP. The van der Waals surface area contributed by atoms with Crippen molar-refractivity contribution in [3.8, 4) is 22.9 Å². The predicted molar refractivity (Wildman–Crippen MR) is 170 cm³/mol. The molecule has 4 heteroatoms. The van der Waals surface area contributed by atoms with Crippen LogP contribution in [0.4, 0.5) is 0 Å². The Labute approximate surface area is 238 Å². The normalized spacial score (nSPS) is 11.5. The molecule has 0 saturated carbocycles. The Morgan fingerprint density at radius 3 is 1.59 bits per heavy atom. The summed E-state index contributed by atoms with van der Waals surface area (Å²) in [6.07, 6.45) is 0. The van der Waals surface area contributed by atoms with Crippen LogP contribution in [-0.4, -0.2) is 4.57 Å². The predicted octanol–water partition coefficient (Wildman–Crippen LogP) is 7.96. The number of hydrogen-bond acceptors (Lipinski definition) is 2. The summed E-state index contributed by atoms with van der Waals surface area (Å²) in [5.41, 5.74) is 5.96. The first kappa shape index (κ1) is 24.9. The molecule has 194 valence electrons. The highest BCUT2D eigenvalue weighted by atomic mass is 31.2. The molecule has 0 fully saturated rings. The zero-order chi connectivity index (χ0) is 27.8. The molecule has 0 aliphatic rings. The molecule has 3 nitrogen and oxygen atoms in total. The first-order valence-corrected chi connectivity index (χ1v) is 15.2. The van der Waals surface area contributed by atoms with Crippen LogP contribution in [-0.2, 0) is 4.57 Å². The lowest BCUT2D eigenvalue weighted by Crippen LogP contribution is -2.24. The minimum absolute atomic E-state index is 0.636. The molecule has 7 aromatic rings. The van der Waals surface area contributed by atoms with Crippen LogP contribution < -0.4 is 15.9 Å². The van der Waals surface area contributed by atoms with Gasteiger partial charge in [-0.2, -0.15) is 5.26 Å². The summed E-state index contributed by atoms with van der Waals surface area (Å²) in [6.45, 7) is 0. The summed E-state index contributed by atoms with van der Waals surface area (Å²) >= 11 is 0. The van der Waals surface area contributed by atoms with Crippen LogP contribution in [0.3, 0.4) is 0 Å². The highest BCUT2D eigenvalue weighted by Crippen LogP contribution is 2.43. The average molecular weight is 545 g/mol. The van der Waals surface area contributed by atoms with Crippen LogP contribution >= 0.6 is 7.14 Å². The molecule has 0 N–H and O–H groups in total. The van der Waals surface area contributed by atoms with E-state index in [0.717, 1.165) is 54.5 Å². The molecule has 0 aliphatic carbocycles. The first-order chi connectivity index (χ1) is 20.2. The van der Waals surface area contributed by atoms with E-state index in [1.54, 1.807) is 0 Å². The fraction of sp³-hybridized carbons (Fsp3) is 0. The Balaban J connectivity index is 1.37. The topological polar surface area (TPSA) is 45.8 Å². The van der Waals surface area contributed by atoms with Crippen LogP contribution in [0.25, 0.3) is 38.6 Å². The van der Waals surface area contributed by atoms with Gasteiger partial charge in [0.05, 0.1) is 22.7 Å². The van der Waals surface area contributed by atoms with Gasteiger partial charge in [0, 0.05) is 32.4 Å². The van der Waals surface area contributed by atoms with Crippen LogP contribution in [0.5, 0.6) is 0 Å². The summed E-state index contributed by atoms with van der Waals surface area (Å²) in [5.74, 6) is 0. The smallest absolute Gasteiger partial charge is 0.171 e. The fourth-order valence-electron chi connectivity index (χ4n) is 5.71. The Kier molecular flexibility index (Phi) is 6.12. The van der Waals surface area contributed by atoms with Crippen molar-refractivity contribution in [2.24, 2.45) is 0 Å². The second-order valence-electron chi connectivity index (χ2n) is 10.1. The molecular weight excluding hydrogens is 519 g/mol. The van der Waals surface area contributed by atoms with E-state index in [0.29, 0.717) is 5.56 Å². The Morgan fingerprint density at radius 1 is 0.512 bits per heavy atom. The standard InChI is InChI=1S/C37H25N2OP/c38-26-27-16-22-36-34(24-27)35-25-29(19-23-37(35)39(36)30-10-4-1-5-11-30)28-17-20-33(21-18-28)41(40,31-12-6-2-7-13-31)32-14-8-3-9-15-32/h1-25H. The van der Waals surface area contributed by atoms with Crippen LogP contribution in [0.15, 0.2) is 152 Å². The minimum atomic E-state index is -3.03. The third kappa shape index (κ3) is 4.18. The van der Waals surface area contributed by atoms with Gasteiger partial charge in [-0.15, -0.1) is 0 Å². The zero-order valence-electron chi connectivity index (χ0n) is 22.2. The van der Waals surface area contributed by atoms with Gasteiger partial charge >= 0.3 is 0 Å². The van der Waals surface area contributed by atoms with Gasteiger partial charge in [0.15, 0.2) is 7.14 Å². The summed E-state index contributed by atoms with van der Waals surface area (Å²) in [6, 6.07) is 52.5. The van der Waals surface area contributed by atoms with Crippen molar-refractivity contribution in [2.75, 3.05) is 0 Å².